The molecular weight excluding hydrogens is 198 g/mol. The van der Waals surface area contributed by atoms with Gasteiger partial charge in [-0.1, -0.05) is 29.8 Å². The van der Waals surface area contributed by atoms with E-state index in [9.17, 15) is 0 Å². The Hall–Kier alpha value is -1.54. The van der Waals surface area contributed by atoms with Crippen LogP contribution in [0, 0.1) is 6.92 Å². The molecule has 0 aliphatic rings. The Morgan fingerprint density at radius 2 is 1.81 bits per heavy atom. The van der Waals surface area contributed by atoms with E-state index in [-0.39, 0.29) is 6.61 Å². The summed E-state index contributed by atoms with van der Waals surface area (Å²) < 4.78 is 0. The third-order valence-corrected chi connectivity index (χ3v) is 2.66. The molecule has 0 aliphatic carbocycles. The molecule has 2 rings (SSSR count). The summed E-state index contributed by atoms with van der Waals surface area (Å²) >= 11 is 0. The van der Waals surface area contributed by atoms with Crippen LogP contribution < -0.4 is 5.32 Å². The number of rotatable bonds is 4. The van der Waals surface area contributed by atoms with Crippen molar-refractivity contribution in [2.45, 2.75) is 13.3 Å². The van der Waals surface area contributed by atoms with Crippen molar-refractivity contribution in [3.05, 3.63) is 42.0 Å². The van der Waals surface area contributed by atoms with Crippen LogP contribution in [-0.4, -0.2) is 18.3 Å². The van der Waals surface area contributed by atoms with Crippen LogP contribution in [0.1, 0.15) is 12.0 Å². The molecule has 0 bridgehead atoms. The van der Waals surface area contributed by atoms with Crippen LogP contribution in [0.4, 0.5) is 5.69 Å². The van der Waals surface area contributed by atoms with Gasteiger partial charge in [-0.15, -0.1) is 0 Å². The van der Waals surface area contributed by atoms with E-state index in [1.54, 1.807) is 0 Å². The van der Waals surface area contributed by atoms with Crippen LogP contribution >= 0.6 is 0 Å². The van der Waals surface area contributed by atoms with E-state index in [1.807, 2.05) is 0 Å². The summed E-state index contributed by atoms with van der Waals surface area (Å²) in [6.07, 6.45) is 0.784. The molecule has 0 saturated carbocycles. The normalized spacial score (nSPS) is 10.6. The number of nitrogens with one attached hydrogen (secondary N) is 1. The highest BCUT2D eigenvalue weighted by Gasteiger charge is 1.96. The van der Waals surface area contributed by atoms with Gasteiger partial charge < -0.3 is 10.4 Å². The Labute approximate surface area is 95.9 Å². The van der Waals surface area contributed by atoms with Gasteiger partial charge in [0.15, 0.2) is 0 Å². The van der Waals surface area contributed by atoms with Crippen LogP contribution in [-0.2, 0) is 0 Å². The van der Waals surface area contributed by atoms with Crippen molar-refractivity contribution in [2.24, 2.45) is 0 Å². The van der Waals surface area contributed by atoms with Crippen molar-refractivity contribution in [1.82, 2.24) is 0 Å². The Bertz CT molecular complexity index is 479. The lowest BCUT2D eigenvalue weighted by Gasteiger charge is -2.07. The van der Waals surface area contributed by atoms with Gasteiger partial charge in [-0.25, -0.2) is 0 Å². The Kier molecular flexibility index (Phi) is 3.42. The van der Waals surface area contributed by atoms with Crippen molar-refractivity contribution >= 4 is 16.5 Å². The van der Waals surface area contributed by atoms with E-state index in [1.165, 1.54) is 16.3 Å². The number of hydrogen-bond donors (Lipinski definition) is 2. The predicted molar refractivity (Wildman–Crippen MR) is 68.9 cm³/mol. The number of benzene rings is 2. The van der Waals surface area contributed by atoms with Crippen molar-refractivity contribution in [1.29, 1.82) is 0 Å². The summed E-state index contributed by atoms with van der Waals surface area (Å²) in [4.78, 5) is 0. The number of hydrogen-bond acceptors (Lipinski definition) is 2. The second kappa shape index (κ2) is 4.99. The number of aliphatic hydroxyl groups excluding tert-OH is 1. The second-order valence-corrected chi connectivity index (χ2v) is 4.07. The molecule has 16 heavy (non-hydrogen) atoms. The summed E-state index contributed by atoms with van der Waals surface area (Å²) in [5, 5.41) is 14.5. The maximum absolute atomic E-state index is 8.71. The molecule has 0 fully saturated rings. The molecule has 2 aromatic rings. The summed E-state index contributed by atoms with van der Waals surface area (Å²) in [6.45, 7) is 3.15. The molecule has 0 aromatic heterocycles. The van der Waals surface area contributed by atoms with Crippen molar-refractivity contribution in [3.63, 3.8) is 0 Å². The smallest absolute Gasteiger partial charge is 0.0447 e. The summed E-state index contributed by atoms with van der Waals surface area (Å²) in [7, 11) is 0. The number of aliphatic hydroxyl groups is 1. The minimum absolute atomic E-state index is 0.236. The largest absolute Gasteiger partial charge is 0.396 e. The molecule has 0 aliphatic heterocycles. The molecule has 0 unspecified atom stereocenters. The SMILES string of the molecule is Cc1ccc2cc(NCCCO)ccc2c1. The first-order chi connectivity index (χ1) is 7.79. The fraction of sp³-hybridized carbons (Fsp3) is 0.286. The Morgan fingerprint density at radius 3 is 2.62 bits per heavy atom. The van der Waals surface area contributed by atoms with Crippen LogP contribution in [0.25, 0.3) is 10.8 Å². The molecule has 2 nitrogen and oxygen atoms in total. The third-order valence-electron chi connectivity index (χ3n) is 2.66. The molecule has 0 radical (unpaired) electrons. The Balaban J connectivity index is 2.20. The van der Waals surface area contributed by atoms with E-state index in [0.717, 1.165) is 18.7 Å². The van der Waals surface area contributed by atoms with Gasteiger partial charge in [-0.05, 0) is 36.2 Å². The van der Waals surface area contributed by atoms with Crippen molar-refractivity contribution in [2.75, 3.05) is 18.5 Å². The van der Waals surface area contributed by atoms with E-state index >= 15 is 0 Å². The zero-order valence-corrected chi connectivity index (χ0v) is 9.53. The average molecular weight is 215 g/mol. The molecule has 2 heteroatoms. The van der Waals surface area contributed by atoms with E-state index < -0.39 is 0 Å². The summed E-state index contributed by atoms with van der Waals surface area (Å²) in [5.41, 5.74) is 2.40. The van der Waals surface area contributed by atoms with Crippen LogP contribution in [0.2, 0.25) is 0 Å². The lowest BCUT2D eigenvalue weighted by molar-refractivity contribution is 0.292. The zero-order valence-electron chi connectivity index (χ0n) is 9.53. The fourth-order valence-electron chi connectivity index (χ4n) is 1.79. The average Bonchev–Trinajstić information content (AvgIpc) is 2.29. The first-order valence-electron chi connectivity index (χ1n) is 5.65. The lowest BCUT2D eigenvalue weighted by Crippen LogP contribution is -2.02. The monoisotopic (exact) mass is 215 g/mol. The van der Waals surface area contributed by atoms with Gasteiger partial charge in [0, 0.05) is 18.8 Å². The summed E-state index contributed by atoms with van der Waals surface area (Å²) in [5.74, 6) is 0. The van der Waals surface area contributed by atoms with Gasteiger partial charge in [-0.2, -0.15) is 0 Å². The highest BCUT2D eigenvalue weighted by atomic mass is 16.3. The van der Waals surface area contributed by atoms with Gasteiger partial charge in [0.25, 0.3) is 0 Å². The third kappa shape index (κ3) is 2.52. The van der Waals surface area contributed by atoms with Crippen LogP contribution in [0.5, 0.6) is 0 Å². The molecule has 2 aromatic carbocycles. The van der Waals surface area contributed by atoms with Gasteiger partial charge >= 0.3 is 0 Å². The van der Waals surface area contributed by atoms with Crippen LogP contribution in [0.3, 0.4) is 0 Å². The molecule has 84 valence electrons. The van der Waals surface area contributed by atoms with Crippen LogP contribution in [0.15, 0.2) is 36.4 Å². The molecule has 0 saturated heterocycles. The lowest BCUT2D eigenvalue weighted by atomic mass is 10.1. The zero-order chi connectivity index (χ0) is 11.4. The molecule has 0 spiro atoms. The van der Waals surface area contributed by atoms with Crippen molar-refractivity contribution in [3.8, 4) is 0 Å². The number of fused-ring (bicyclic) bond motifs is 1. The molecule has 2 N–H and O–H groups in total. The maximum atomic E-state index is 8.71. The first kappa shape index (κ1) is 11.0. The van der Waals surface area contributed by atoms with Crippen molar-refractivity contribution < 1.29 is 5.11 Å². The van der Waals surface area contributed by atoms with E-state index in [2.05, 4.69) is 48.6 Å². The fourth-order valence-corrected chi connectivity index (χ4v) is 1.79. The minimum atomic E-state index is 0.236. The van der Waals surface area contributed by atoms with Gasteiger partial charge in [0.05, 0.1) is 0 Å². The minimum Gasteiger partial charge on any atom is -0.396 e. The molecule has 0 heterocycles. The maximum Gasteiger partial charge on any atom is 0.0447 e. The highest BCUT2D eigenvalue weighted by Crippen LogP contribution is 2.20. The number of anilines is 1. The molecular formula is C14H17NO. The number of aryl methyl sites for hydroxylation is 1. The molecule has 0 amide bonds. The van der Waals surface area contributed by atoms with Gasteiger partial charge in [-0.3, -0.25) is 0 Å². The van der Waals surface area contributed by atoms with Gasteiger partial charge in [0.2, 0.25) is 0 Å². The molecule has 0 atom stereocenters. The first-order valence-corrected chi connectivity index (χ1v) is 5.65. The van der Waals surface area contributed by atoms with E-state index in [0.29, 0.717) is 0 Å². The second-order valence-electron chi connectivity index (χ2n) is 4.07. The Morgan fingerprint density at radius 1 is 1.06 bits per heavy atom. The quantitative estimate of drug-likeness (QED) is 0.768. The van der Waals surface area contributed by atoms with E-state index in [4.69, 9.17) is 5.11 Å². The topological polar surface area (TPSA) is 32.3 Å². The standard InChI is InChI=1S/C14H17NO/c1-11-3-4-13-10-14(15-7-2-8-16)6-5-12(13)9-11/h3-6,9-10,15-16H,2,7-8H2,1H3. The highest BCUT2D eigenvalue weighted by molar-refractivity contribution is 5.86. The summed E-state index contributed by atoms with van der Waals surface area (Å²) in [6, 6.07) is 12.8. The predicted octanol–water partition coefficient (Wildman–Crippen LogP) is 2.94. The van der Waals surface area contributed by atoms with Gasteiger partial charge in [0.1, 0.15) is 0 Å².